The molecular weight excluding hydrogens is 285 g/mol. The molecule has 1 saturated carbocycles. The van der Waals surface area contributed by atoms with Crippen molar-refractivity contribution >= 4 is 15.9 Å². The summed E-state index contributed by atoms with van der Waals surface area (Å²) in [7, 11) is 0. The van der Waals surface area contributed by atoms with Crippen molar-refractivity contribution in [3.05, 3.63) is 34.1 Å². The zero-order chi connectivity index (χ0) is 12.3. The van der Waals surface area contributed by atoms with Crippen LogP contribution in [-0.4, -0.2) is 12.6 Å². The van der Waals surface area contributed by atoms with Gasteiger partial charge < -0.3 is 10.5 Å². The van der Waals surface area contributed by atoms with Gasteiger partial charge >= 0.3 is 0 Å². The molecule has 0 aromatic heterocycles. The third-order valence-electron chi connectivity index (χ3n) is 3.35. The number of hydrogen-bond acceptors (Lipinski definition) is 2. The van der Waals surface area contributed by atoms with Gasteiger partial charge in [0.25, 0.3) is 0 Å². The highest BCUT2D eigenvalue weighted by atomic mass is 79.9. The number of halogens is 2. The van der Waals surface area contributed by atoms with Crippen LogP contribution in [0.4, 0.5) is 4.39 Å². The van der Waals surface area contributed by atoms with Gasteiger partial charge in [-0.2, -0.15) is 0 Å². The topological polar surface area (TPSA) is 35.2 Å². The zero-order valence-corrected chi connectivity index (χ0v) is 11.2. The maximum absolute atomic E-state index is 13.1. The number of rotatable bonds is 4. The molecule has 2 nitrogen and oxygen atoms in total. The van der Waals surface area contributed by atoms with E-state index < -0.39 is 0 Å². The lowest BCUT2D eigenvalue weighted by Gasteiger charge is -2.19. The first-order valence-electron chi connectivity index (χ1n) is 5.96. The first-order valence-corrected chi connectivity index (χ1v) is 6.75. The summed E-state index contributed by atoms with van der Waals surface area (Å²) in [6.45, 7) is 1.12. The highest BCUT2D eigenvalue weighted by Crippen LogP contribution is 2.29. The van der Waals surface area contributed by atoms with E-state index in [1.165, 1.54) is 18.6 Å². The molecule has 0 heterocycles. The predicted molar refractivity (Wildman–Crippen MR) is 69.1 cm³/mol. The molecule has 0 amide bonds. The van der Waals surface area contributed by atoms with Crippen molar-refractivity contribution in [3.63, 3.8) is 0 Å². The van der Waals surface area contributed by atoms with Crippen LogP contribution in [0.1, 0.15) is 24.8 Å². The molecule has 0 bridgehead atoms. The van der Waals surface area contributed by atoms with Crippen LogP contribution in [0.2, 0.25) is 0 Å². The van der Waals surface area contributed by atoms with E-state index in [0.29, 0.717) is 19.1 Å². The van der Waals surface area contributed by atoms with E-state index in [4.69, 9.17) is 10.5 Å². The summed E-state index contributed by atoms with van der Waals surface area (Å²) in [4.78, 5) is 0. The van der Waals surface area contributed by atoms with E-state index in [2.05, 4.69) is 15.9 Å². The molecule has 1 aliphatic rings. The molecule has 0 saturated heterocycles. The lowest BCUT2D eigenvalue weighted by atomic mass is 10.1. The van der Waals surface area contributed by atoms with Gasteiger partial charge in [-0.1, -0.05) is 22.4 Å². The van der Waals surface area contributed by atoms with Gasteiger partial charge in [0.1, 0.15) is 5.82 Å². The fourth-order valence-electron chi connectivity index (χ4n) is 2.34. The molecule has 0 spiro atoms. The molecule has 2 unspecified atom stereocenters. The summed E-state index contributed by atoms with van der Waals surface area (Å²) in [5.74, 6) is 0.232. The molecule has 4 heteroatoms. The van der Waals surface area contributed by atoms with Crippen LogP contribution in [-0.2, 0) is 11.3 Å². The van der Waals surface area contributed by atoms with Crippen molar-refractivity contribution < 1.29 is 9.13 Å². The SMILES string of the molecule is NCC1CCCC1OCc1cc(F)ccc1Br. The fourth-order valence-corrected chi connectivity index (χ4v) is 2.70. The Kier molecular flexibility index (Phi) is 4.54. The molecule has 2 atom stereocenters. The minimum Gasteiger partial charge on any atom is -0.373 e. The van der Waals surface area contributed by atoms with Crippen molar-refractivity contribution in [1.29, 1.82) is 0 Å². The third-order valence-corrected chi connectivity index (χ3v) is 4.13. The predicted octanol–water partition coefficient (Wildman–Crippen LogP) is 3.23. The normalized spacial score (nSPS) is 24.2. The van der Waals surface area contributed by atoms with E-state index in [9.17, 15) is 4.39 Å². The Bertz CT molecular complexity index is 386. The molecule has 1 aromatic rings. The van der Waals surface area contributed by atoms with E-state index in [1.807, 2.05) is 0 Å². The van der Waals surface area contributed by atoms with Crippen LogP contribution in [0.15, 0.2) is 22.7 Å². The lowest BCUT2D eigenvalue weighted by molar-refractivity contribution is 0.0179. The Morgan fingerprint density at radius 3 is 3.00 bits per heavy atom. The number of ether oxygens (including phenoxy) is 1. The second-order valence-corrected chi connectivity index (χ2v) is 5.37. The van der Waals surface area contributed by atoms with Gasteiger partial charge in [0.15, 0.2) is 0 Å². The molecule has 0 aliphatic heterocycles. The van der Waals surface area contributed by atoms with Crippen LogP contribution in [0.25, 0.3) is 0 Å². The Labute approximate surface area is 109 Å². The van der Waals surface area contributed by atoms with Crippen molar-refractivity contribution in [3.8, 4) is 0 Å². The molecule has 2 rings (SSSR count). The van der Waals surface area contributed by atoms with Crippen LogP contribution in [0, 0.1) is 11.7 Å². The Balaban J connectivity index is 1.95. The number of nitrogens with two attached hydrogens (primary N) is 1. The minimum absolute atomic E-state index is 0.228. The van der Waals surface area contributed by atoms with Gasteiger partial charge in [0.2, 0.25) is 0 Å². The van der Waals surface area contributed by atoms with Gasteiger partial charge in [-0.15, -0.1) is 0 Å². The Morgan fingerprint density at radius 2 is 2.24 bits per heavy atom. The molecule has 1 aliphatic carbocycles. The largest absolute Gasteiger partial charge is 0.373 e. The lowest BCUT2D eigenvalue weighted by Crippen LogP contribution is -2.25. The highest BCUT2D eigenvalue weighted by molar-refractivity contribution is 9.10. The third kappa shape index (κ3) is 3.27. The van der Waals surface area contributed by atoms with Crippen molar-refractivity contribution in [1.82, 2.24) is 0 Å². The smallest absolute Gasteiger partial charge is 0.123 e. The van der Waals surface area contributed by atoms with Gasteiger partial charge in [0.05, 0.1) is 12.7 Å². The van der Waals surface area contributed by atoms with E-state index in [0.717, 1.165) is 22.9 Å². The van der Waals surface area contributed by atoms with Gasteiger partial charge in [-0.3, -0.25) is 0 Å². The molecule has 1 aromatic carbocycles. The van der Waals surface area contributed by atoms with Crippen LogP contribution >= 0.6 is 15.9 Å². The second kappa shape index (κ2) is 5.94. The minimum atomic E-state index is -0.228. The van der Waals surface area contributed by atoms with Crippen molar-refractivity contribution in [2.75, 3.05) is 6.54 Å². The monoisotopic (exact) mass is 301 g/mol. The van der Waals surface area contributed by atoms with Gasteiger partial charge in [-0.25, -0.2) is 4.39 Å². The number of benzene rings is 1. The summed E-state index contributed by atoms with van der Waals surface area (Å²) in [5.41, 5.74) is 6.55. The average Bonchev–Trinajstić information content (AvgIpc) is 2.77. The molecule has 1 fully saturated rings. The summed E-state index contributed by atoms with van der Waals surface area (Å²) < 4.78 is 19.8. The van der Waals surface area contributed by atoms with Crippen molar-refractivity contribution in [2.24, 2.45) is 11.7 Å². The van der Waals surface area contributed by atoms with E-state index in [1.54, 1.807) is 6.07 Å². The van der Waals surface area contributed by atoms with Crippen LogP contribution < -0.4 is 5.73 Å². The summed E-state index contributed by atoms with van der Waals surface area (Å²) in [6.07, 6.45) is 3.62. The molecule has 17 heavy (non-hydrogen) atoms. The summed E-state index contributed by atoms with van der Waals surface area (Å²) in [5, 5.41) is 0. The molecule has 0 radical (unpaired) electrons. The van der Waals surface area contributed by atoms with E-state index >= 15 is 0 Å². The molecule has 2 N–H and O–H groups in total. The first kappa shape index (κ1) is 13.0. The Hall–Kier alpha value is -0.450. The van der Waals surface area contributed by atoms with E-state index in [-0.39, 0.29) is 11.9 Å². The van der Waals surface area contributed by atoms with Crippen LogP contribution in [0.3, 0.4) is 0 Å². The maximum atomic E-state index is 13.1. The highest BCUT2D eigenvalue weighted by Gasteiger charge is 2.26. The summed E-state index contributed by atoms with van der Waals surface area (Å²) in [6, 6.07) is 4.66. The molecular formula is C13H17BrFNO. The van der Waals surface area contributed by atoms with Gasteiger partial charge in [0, 0.05) is 4.47 Å². The van der Waals surface area contributed by atoms with Gasteiger partial charge in [-0.05, 0) is 49.1 Å². The maximum Gasteiger partial charge on any atom is 0.123 e. The average molecular weight is 302 g/mol. The summed E-state index contributed by atoms with van der Waals surface area (Å²) >= 11 is 3.40. The van der Waals surface area contributed by atoms with Crippen LogP contribution in [0.5, 0.6) is 0 Å². The first-order chi connectivity index (χ1) is 8.20. The standard InChI is InChI=1S/C13H17BrFNO/c14-12-5-4-11(15)6-10(12)8-17-13-3-1-2-9(13)7-16/h4-6,9,13H,1-3,7-8,16H2. The quantitative estimate of drug-likeness (QED) is 0.927. The molecule has 94 valence electrons. The second-order valence-electron chi connectivity index (χ2n) is 4.51. The Morgan fingerprint density at radius 1 is 1.41 bits per heavy atom. The van der Waals surface area contributed by atoms with Crippen molar-refractivity contribution in [2.45, 2.75) is 32.0 Å². The fraction of sp³-hybridized carbons (Fsp3) is 0.538. The number of hydrogen-bond donors (Lipinski definition) is 1. The zero-order valence-electron chi connectivity index (χ0n) is 9.66.